The second kappa shape index (κ2) is 21.5. The van der Waals surface area contributed by atoms with Gasteiger partial charge in [0.05, 0.1) is 0 Å². The Labute approximate surface area is 173 Å². The zero-order valence-electron chi connectivity index (χ0n) is 18.2. The highest BCUT2D eigenvalue weighted by molar-refractivity contribution is 5.86. The zero-order chi connectivity index (χ0) is 20.7. The van der Waals surface area contributed by atoms with E-state index in [2.05, 4.69) is 19.1 Å². The maximum Gasteiger partial charge on any atom is 0.331 e. The molecular weight excluding hydrogens is 344 g/mol. The lowest BCUT2D eigenvalue weighted by Gasteiger charge is -2.01. The summed E-state index contributed by atoms with van der Waals surface area (Å²) in [6, 6.07) is 0. The van der Waals surface area contributed by atoms with Crippen LogP contribution in [-0.4, -0.2) is 11.1 Å². The fourth-order valence-corrected chi connectivity index (χ4v) is 2.93. The first-order valence-electron chi connectivity index (χ1n) is 11.3. The molecule has 158 valence electrons. The Balaban J connectivity index is 3.55. The standard InChI is InChI=1S/C26H42O2/c1-3-5-6-7-8-9-10-11-12-13-14-15-16-17-18-19-20-21-22-23-24-25(4-2)26(27)28/h16-24H,3-15H2,1-2H3,(H,27,28). The first kappa shape index (κ1) is 26.2. The van der Waals surface area contributed by atoms with E-state index in [9.17, 15) is 4.79 Å². The minimum Gasteiger partial charge on any atom is -0.478 e. The number of aliphatic carboxylic acids is 1. The molecule has 28 heavy (non-hydrogen) atoms. The summed E-state index contributed by atoms with van der Waals surface area (Å²) in [5.74, 6) is -0.848. The van der Waals surface area contributed by atoms with E-state index in [4.69, 9.17) is 5.11 Å². The second-order valence-corrected chi connectivity index (χ2v) is 7.26. The van der Waals surface area contributed by atoms with Crippen molar-refractivity contribution in [3.63, 3.8) is 0 Å². The smallest absolute Gasteiger partial charge is 0.331 e. The fraction of sp³-hybridized carbons (Fsp3) is 0.577. The number of allylic oxidation sites excluding steroid dienone is 9. The number of unbranched alkanes of at least 4 members (excludes halogenated alkanes) is 11. The van der Waals surface area contributed by atoms with Gasteiger partial charge < -0.3 is 5.11 Å². The Morgan fingerprint density at radius 2 is 1.11 bits per heavy atom. The first-order chi connectivity index (χ1) is 13.7. The van der Waals surface area contributed by atoms with Gasteiger partial charge in [0.1, 0.15) is 0 Å². The summed E-state index contributed by atoms with van der Waals surface area (Å²) in [4.78, 5) is 10.8. The van der Waals surface area contributed by atoms with Gasteiger partial charge in [0.25, 0.3) is 0 Å². The highest BCUT2D eigenvalue weighted by atomic mass is 16.4. The summed E-state index contributed by atoms with van der Waals surface area (Å²) >= 11 is 0. The minimum absolute atomic E-state index is 0.422. The number of hydrogen-bond donors (Lipinski definition) is 1. The molecule has 0 aliphatic heterocycles. The molecule has 0 rings (SSSR count). The molecular formula is C26H42O2. The van der Waals surface area contributed by atoms with Gasteiger partial charge >= 0.3 is 5.97 Å². The van der Waals surface area contributed by atoms with Gasteiger partial charge in [0.15, 0.2) is 0 Å². The monoisotopic (exact) mass is 386 g/mol. The number of carbonyl (C=O) groups is 1. The number of hydrogen-bond acceptors (Lipinski definition) is 1. The Morgan fingerprint density at radius 1 is 0.643 bits per heavy atom. The summed E-state index contributed by atoms with van der Waals surface area (Å²) in [5, 5.41) is 8.89. The average Bonchev–Trinajstić information content (AvgIpc) is 2.69. The van der Waals surface area contributed by atoms with Crippen LogP contribution in [0.2, 0.25) is 0 Å². The summed E-state index contributed by atoms with van der Waals surface area (Å²) < 4.78 is 0. The molecule has 0 spiro atoms. The first-order valence-corrected chi connectivity index (χ1v) is 11.3. The quantitative estimate of drug-likeness (QED) is 0.146. The van der Waals surface area contributed by atoms with Crippen molar-refractivity contribution in [3.8, 4) is 0 Å². The van der Waals surface area contributed by atoms with Crippen molar-refractivity contribution in [2.45, 2.75) is 97.3 Å². The number of carboxylic acid groups (broad SMARTS) is 1. The fourth-order valence-electron chi connectivity index (χ4n) is 2.93. The molecule has 0 saturated heterocycles. The molecule has 2 heteroatoms. The lowest BCUT2D eigenvalue weighted by Crippen LogP contribution is -1.97. The van der Waals surface area contributed by atoms with Crippen LogP contribution in [0.25, 0.3) is 0 Å². The van der Waals surface area contributed by atoms with Crippen LogP contribution in [0.15, 0.2) is 60.3 Å². The summed E-state index contributed by atoms with van der Waals surface area (Å²) in [6.45, 7) is 4.12. The largest absolute Gasteiger partial charge is 0.478 e. The van der Waals surface area contributed by atoms with Crippen LogP contribution in [0.5, 0.6) is 0 Å². The van der Waals surface area contributed by atoms with Crippen LogP contribution in [-0.2, 0) is 4.79 Å². The second-order valence-electron chi connectivity index (χ2n) is 7.26. The van der Waals surface area contributed by atoms with Crippen molar-refractivity contribution in [2.24, 2.45) is 0 Å². The van der Waals surface area contributed by atoms with Crippen LogP contribution in [0, 0.1) is 0 Å². The van der Waals surface area contributed by atoms with E-state index >= 15 is 0 Å². The maximum absolute atomic E-state index is 10.8. The summed E-state index contributed by atoms with van der Waals surface area (Å²) in [6.07, 6.45) is 34.4. The maximum atomic E-state index is 10.8. The molecule has 0 bridgehead atoms. The molecule has 1 N–H and O–H groups in total. The third kappa shape index (κ3) is 18.9. The predicted octanol–water partition coefficient (Wildman–Crippen LogP) is 8.33. The molecule has 0 radical (unpaired) electrons. The van der Waals surface area contributed by atoms with Gasteiger partial charge in [-0.2, -0.15) is 0 Å². The molecule has 2 nitrogen and oxygen atoms in total. The third-order valence-electron chi connectivity index (χ3n) is 4.73. The molecule has 0 atom stereocenters. The van der Waals surface area contributed by atoms with Crippen molar-refractivity contribution in [2.75, 3.05) is 0 Å². The Morgan fingerprint density at radius 3 is 1.61 bits per heavy atom. The van der Waals surface area contributed by atoms with Gasteiger partial charge in [0, 0.05) is 5.57 Å². The third-order valence-corrected chi connectivity index (χ3v) is 4.73. The van der Waals surface area contributed by atoms with Crippen LogP contribution >= 0.6 is 0 Å². The van der Waals surface area contributed by atoms with Crippen LogP contribution in [0.1, 0.15) is 97.3 Å². The molecule has 0 aromatic rings. The Hall–Kier alpha value is -1.83. The van der Waals surface area contributed by atoms with Crippen molar-refractivity contribution in [1.82, 2.24) is 0 Å². The van der Waals surface area contributed by atoms with Gasteiger partial charge in [-0.25, -0.2) is 4.79 Å². The molecule has 0 aromatic carbocycles. The summed E-state index contributed by atoms with van der Waals surface area (Å²) in [7, 11) is 0. The van der Waals surface area contributed by atoms with Gasteiger partial charge in [0.2, 0.25) is 0 Å². The van der Waals surface area contributed by atoms with E-state index in [0.29, 0.717) is 12.0 Å². The van der Waals surface area contributed by atoms with Crippen molar-refractivity contribution in [3.05, 3.63) is 60.3 Å². The lowest BCUT2D eigenvalue weighted by atomic mass is 10.1. The van der Waals surface area contributed by atoms with Gasteiger partial charge in [-0.05, 0) is 19.3 Å². The highest BCUT2D eigenvalue weighted by Crippen LogP contribution is 2.12. The topological polar surface area (TPSA) is 37.3 Å². The Kier molecular flexibility index (Phi) is 20.1. The molecule has 0 aromatic heterocycles. The molecule has 0 unspecified atom stereocenters. The zero-order valence-corrected chi connectivity index (χ0v) is 18.2. The van der Waals surface area contributed by atoms with E-state index in [1.807, 2.05) is 37.3 Å². The van der Waals surface area contributed by atoms with Gasteiger partial charge in [-0.1, -0.05) is 133 Å². The van der Waals surface area contributed by atoms with E-state index in [0.717, 1.165) is 6.42 Å². The minimum atomic E-state index is -0.848. The van der Waals surface area contributed by atoms with E-state index in [1.54, 1.807) is 12.2 Å². The van der Waals surface area contributed by atoms with Crippen molar-refractivity contribution in [1.29, 1.82) is 0 Å². The molecule has 0 saturated carbocycles. The van der Waals surface area contributed by atoms with Gasteiger partial charge in [-0.3, -0.25) is 0 Å². The lowest BCUT2D eigenvalue weighted by molar-refractivity contribution is -0.132. The predicted molar refractivity (Wildman–Crippen MR) is 124 cm³/mol. The average molecular weight is 387 g/mol. The number of rotatable bonds is 18. The molecule has 0 heterocycles. The highest BCUT2D eigenvalue weighted by Gasteiger charge is 2.00. The van der Waals surface area contributed by atoms with Crippen LogP contribution in [0.4, 0.5) is 0 Å². The molecule has 0 aliphatic rings. The van der Waals surface area contributed by atoms with Crippen molar-refractivity contribution < 1.29 is 9.90 Å². The Bertz CT molecular complexity index is 507. The van der Waals surface area contributed by atoms with E-state index in [-0.39, 0.29) is 0 Å². The summed E-state index contributed by atoms with van der Waals surface area (Å²) in [5.41, 5.74) is 0.422. The van der Waals surface area contributed by atoms with E-state index < -0.39 is 5.97 Å². The van der Waals surface area contributed by atoms with Crippen molar-refractivity contribution >= 4 is 5.97 Å². The van der Waals surface area contributed by atoms with Crippen LogP contribution in [0.3, 0.4) is 0 Å². The number of carboxylic acids is 1. The normalized spacial score (nSPS) is 13.0. The van der Waals surface area contributed by atoms with E-state index in [1.165, 1.54) is 70.6 Å². The van der Waals surface area contributed by atoms with Crippen LogP contribution < -0.4 is 0 Å². The van der Waals surface area contributed by atoms with Gasteiger partial charge in [-0.15, -0.1) is 0 Å². The molecule has 0 fully saturated rings. The molecule has 0 aliphatic carbocycles. The molecule has 0 amide bonds. The SMILES string of the molecule is CCCCCCCCCCCCCC=CC=CC=CC=CC=C(CC)C(=O)O.